The fourth-order valence-corrected chi connectivity index (χ4v) is 5.40. The zero-order valence-corrected chi connectivity index (χ0v) is 16.3. The van der Waals surface area contributed by atoms with Gasteiger partial charge in [0.25, 0.3) is 0 Å². The summed E-state index contributed by atoms with van der Waals surface area (Å²) in [6.45, 7) is 0.830. The lowest BCUT2D eigenvalue weighted by molar-refractivity contribution is 0.403. The van der Waals surface area contributed by atoms with Crippen LogP contribution in [0.3, 0.4) is 0 Å². The number of rotatable bonds is 5. The van der Waals surface area contributed by atoms with Crippen LogP contribution in [-0.2, 0) is 19.9 Å². The Bertz CT molecular complexity index is 1000. The first-order valence-electron chi connectivity index (χ1n) is 8.16. The Morgan fingerprint density at radius 3 is 2.27 bits per heavy atom. The second kappa shape index (κ2) is 7.02. The molecule has 1 unspecified atom stereocenters. The van der Waals surface area contributed by atoms with Gasteiger partial charge in [0, 0.05) is 19.0 Å². The molecule has 1 atom stereocenters. The molecular weight excluding hydrogens is 374 g/mol. The molecular formula is C18H21NO5S2. The summed E-state index contributed by atoms with van der Waals surface area (Å²) in [6, 6.07) is 13.0. The van der Waals surface area contributed by atoms with Crippen LogP contribution in [0.15, 0.2) is 58.3 Å². The largest absolute Gasteiger partial charge is 0.496 e. The highest BCUT2D eigenvalue weighted by molar-refractivity contribution is 7.91. The fourth-order valence-electron chi connectivity index (χ4n) is 3.21. The molecule has 0 N–H and O–H groups in total. The minimum absolute atomic E-state index is 0.0202. The molecule has 8 heteroatoms. The van der Waals surface area contributed by atoms with E-state index in [4.69, 9.17) is 4.74 Å². The van der Waals surface area contributed by atoms with Crippen LogP contribution in [0.4, 0.5) is 0 Å². The van der Waals surface area contributed by atoms with Gasteiger partial charge in [-0.25, -0.2) is 21.1 Å². The van der Waals surface area contributed by atoms with Crippen molar-refractivity contribution < 1.29 is 21.6 Å². The van der Waals surface area contributed by atoms with Crippen molar-refractivity contribution in [1.82, 2.24) is 4.31 Å². The molecule has 2 aromatic rings. The van der Waals surface area contributed by atoms with Gasteiger partial charge in [0.1, 0.15) is 5.75 Å². The van der Waals surface area contributed by atoms with Crippen LogP contribution in [0.2, 0.25) is 0 Å². The third-order valence-electron chi connectivity index (χ3n) is 4.63. The van der Waals surface area contributed by atoms with E-state index in [2.05, 4.69) is 0 Å². The van der Waals surface area contributed by atoms with Gasteiger partial charge in [-0.2, -0.15) is 0 Å². The number of sulfonamides is 1. The van der Waals surface area contributed by atoms with E-state index in [0.717, 1.165) is 5.56 Å². The molecule has 0 bridgehead atoms. The number of hydrogen-bond donors (Lipinski definition) is 0. The first-order chi connectivity index (χ1) is 12.2. The van der Waals surface area contributed by atoms with Crippen LogP contribution in [0.25, 0.3) is 0 Å². The number of sulfone groups is 1. The molecule has 3 rings (SSSR count). The lowest BCUT2D eigenvalue weighted by atomic mass is 9.97. The van der Waals surface area contributed by atoms with Crippen LogP contribution in [0.1, 0.15) is 17.9 Å². The van der Waals surface area contributed by atoms with Gasteiger partial charge >= 0.3 is 0 Å². The summed E-state index contributed by atoms with van der Waals surface area (Å²) in [6.07, 6.45) is 1.87. The molecule has 1 aliphatic rings. The van der Waals surface area contributed by atoms with Crippen molar-refractivity contribution in [3.63, 3.8) is 0 Å². The Kier molecular flexibility index (Phi) is 5.09. The minimum Gasteiger partial charge on any atom is -0.496 e. The van der Waals surface area contributed by atoms with E-state index in [-0.39, 0.29) is 15.7 Å². The van der Waals surface area contributed by atoms with Gasteiger partial charge in [0.2, 0.25) is 19.9 Å². The van der Waals surface area contributed by atoms with Crippen LogP contribution in [0.5, 0.6) is 5.75 Å². The van der Waals surface area contributed by atoms with E-state index in [1.165, 1.54) is 23.7 Å². The summed E-state index contributed by atoms with van der Waals surface area (Å²) in [5.41, 5.74) is 0.825. The summed E-state index contributed by atoms with van der Waals surface area (Å²) >= 11 is 0. The molecule has 1 heterocycles. The zero-order valence-electron chi connectivity index (χ0n) is 14.6. The van der Waals surface area contributed by atoms with E-state index in [1.807, 2.05) is 0 Å². The molecule has 26 heavy (non-hydrogen) atoms. The second-order valence-corrected chi connectivity index (χ2v) is 10.3. The first kappa shape index (κ1) is 18.9. The third-order valence-corrected chi connectivity index (χ3v) is 7.67. The van der Waals surface area contributed by atoms with Crippen molar-refractivity contribution in [3.8, 4) is 5.75 Å². The van der Waals surface area contributed by atoms with Crippen LogP contribution < -0.4 is 4.74 Å². The molecule has 6 nitrogen and oxygen atoms in total. The molecule has 1 aliphatic heterocycles. The number of methoxy groups -OCH3 is 1. The number of benzene rings is 2. The highest BCUT2D eigenvalue weighted by Crippen LogP contribution is 2.36. The van der Waals surface area contributed by atoms with Crippen LogP contribution in [-0.4, -0.2) is 47.6 Å². The zero-order chi connectivity index (χ0) is 18.9. The average molecular weight is 396 g/mol. The molecule has 0 aromatic heterocycles. The first-order valence-corrected chi connectivity index (χ1v) is 11.5. The lowest BCUT2D eigenvalue weighted by Gasteiger charge is -2.17. The second-order valence-electron chi connectivity index (χ2n) is 6.33. The standard InChI is InChI=1S/C18H21NO5S2/c1-24-18-12-16(26(22,23)15-6-4-3-5-7-15)8-9-17(18)14-10-11-19(13-14)25(2,20)21/h3-9,12,14H,10-11,13H2,1-2H3. The highest BCUT2D eigenvalue weighted by Gasteiger charge is 2.31. The van der Waals surface area contributed by atoms with E-state index in [9.17, 15) is 16.8 Å². The Morgan fingerprint density at radius 1 is 1.00 bits per heavy atom. The predicted octanol–water partition coefficient (Wildman–Crippen LogP) is 2.28. The van der Waals surface area contributed by atoms with Gasteiger partial charge in [-0.1, -0.05) is 24.3 Å². The van der Waals surface area contributed by atoms with Gasteiger partial charge in [-0.15, -0.1) is 0 Å². The van der Waals surface area contributed by atoms with Crippen molar-refractivity contribution in [3.05, 3.63) is 54.1 Å². The SMILES string of the molecule is COc1cc(S(=O)(=O)c2ccccc2)ccc1C1CCN(S(C)(=O)=O)C1. The third kappa shape index (κ3) is 3.62. The van der Waals surface area contributed by atoms with Crippen molar-refractivity contribution in [1.29, 1.82) is 0 Å². The van der Waals surface area contributed by atoms with E-state index in [1.54, 1.807) is 42.5 Å². The predicted molar refractivity (Wildman–Crippen MR) is 98.7 cm³/mol. The molecule has 140 valence electrons. The Balaban J connectivity index is 1.95. The maximum atomic E-state index is 12.8. The molecule has 2 aromatic carbocycles. The van der Waals surface area contributed by atoms with Crippen molar-refractivity contribution in [2.24, 2.45) is 0 Å². The van der Waals surface area contributed by atoms with Gasteiger partial charge in [0.05, 0.1) is 23.2 Å². The maximum absolute atomic E-state index is 12.8. The number of ether oxygens (including phenoxy) is 1. The van der Waals surface area contributed by atoms with Gasteiger partial charge in [-0.3, -0.25) is 0 Å². The van der Waals surface area contributed by atoms with Gasteiger partial charge < -0.3 is 4.74 Å². The summed E-state index contributed by atoms with van der Waals surface area (Å²) < 4.78 is 55.8. The monoisotopic (exact) mass is 395 g/mol. The molecule has 0 spiro atoms. The summed E-state index contributed by atoms with van der Waals surface area (Å²) in [5.74, 6) is 0.440. The van der Waals surface area contributed by atoms with Gasteiger partial charge in [0.15, 0.2) is 0 Å². The normalized spacial score (nSPS) is 18.8. The van der Waals surface area contributed by atoms with Gasteiger partial charge in [-0.05, 0) is 36.2 Å². The maximum Gasteiger partial charge on any atom is 0.211 e. The smallest absolute Gasteiger partial charge is 0.211 e. The Labute approximate surface area is 154 Å². The summed E-state index contributed by atoms with van der Waals surface area (Å²) in [4.78, 5) is 0.376. The highest BCUT2D eigenvalue weighted by atomic mass is 32.2. The van der Waals surface area contributed by atoms with Crippen LogP contribution >= 0.6 is 0 Å². The quantitative estimate of drug-likeness (QED) is 0.776. The molecule has 0 saturated carbocycles. The van der Waals surface area contributed by atoms with Crippen molar-refractivity contribution >= 4 is 19.9 Å². The average Bonchev–Trinajstić information content (AvgIpc) is 3.12. The molecule has 0 amide bonds. The molecule has 0 aliphatic carbocycles. The Hall–Kier alpha value is -1.90. The lowest BCUT2D eigenvalue weighted by Crippen LogP contribution is -2.27. The van der Waals surface area contributed by atoms with E-state index >= 15 is 0 Å². The number of nitrogens with zero attached hydrogens (tertiary/aromatic N) is 1. The molecule has 0 radical (unpaired) electrons. The molecule has 1 saturated heterocycles. The van der Waals surface area contributed by atoms with E-state index in [0.29, 0.717) is 25.3 Å². The topological polar surface area (TPSA) is 80.8 Å². The fraction of sp³-hybridized carbons (Fsp3) is 0.333. The van der Waals surface area contributed by atoms with Crippen molar-refractivity contribution in [2.45, 2.75) is 22.1 Å². The Morgan fingerprint density at radius 2 is 1.69 bits per heavy atom. The summed E-state index contributed by atoms with van der Waals surface area (Å²) in [7, 11) is -5.38. The summed E-state index contributed by atoms with van der Waals surface area (Å²) in [5, 5.41) is 0. The molecule has 1 fully saturated rings. The minimum atomic E-state index is -3.63. The van der Waals surface area contributed by atoms with Crippen molar-refractivity contribution in [2.75, 3.05) is 26.5 Å². The number of hydrogen-bond acceptors (Lipinski definition) is 5. The van der Waals surface area contributed by atoms with E-state index < -0.39 is 19.9 Å². The van der Waals surface area contributed by atoms with Crippen LogP contribution in [0, 0.1) is 0 Å².